The minimum absolute atomic E-state index is 0.321. The lowest BCUT2D eigenvalue weighted by atomic mass is 10.1. The number of hydrogen-bond acceptors (Lipinski definition) is 2. The van der Waals surface area contributed by atoms with Crippen molar-refractivity contribution in [2.45, 2.75) is 44.9 Å². The minimum atomic E-state index is -3.47. The molecule has 0 fully saturated rings. The quantitative estimate of drug-likeness (QED) is 0.700. The largest absolute Gasteiger partial charge is 0.316 e. The molecule has 106 valence electrons. The molecule has 0 aliphatic carbocycles. The zero-order valence-corrected chi connectivity index (χ0v) is 13.7. The predicted molar refractivity (Wildman–Crippen MR) is 82.7 cm³/mol. The monoisotopic (exact) mass is 300 g/mol. The summed E-state index contributed by atoms with van der Waals surface area (Å²) in [5.74, 6) is 0. The molecule has 0 bridgehead atoms. The molecule has 0 heterocycles. The Labute approximate surface area is 118 Å². The van der Waals surface area contributed by atoms with Crippen LogP contribution in [-0.4, -0.2) is 20.7 Å². The third kappa shape index (κ3) is 5.04. The molecule has 0 atom stereocenters. The second kappa shape index (κ2) is 7.76. The van der Waals surface area contributed by atoms with Gasteiger partial charge < -0.3 is 0 Å². The molecule has 1 aromatic rings. The van der Waals surface area contributed by atoms with Crippen LogP contribution >= 0.6 is 7.71 Å². The summed E-state index contributed by atoms with van der Waals surface area (Å²) in [6, 6.07) is 7.17. The van der Waals surface area contributed by atoms with Crippen molar-refractivity contribution in [2.24, 2.45) is 4.15 Å². The van der Waals surface area contributed by atoms with E-state index in [-0.39, 0.29) is 0 Å². The zero-order valence-electron chi connectivity index (χ0n) is 12.0. The maximum absolute atomic E-state index is 12.1. The zero-order chi connectivity index (χ0) is 14.3. The fourth-order valence-electron chi connectivity index (χ4n) is 1.75. The van der Waals surface area contributed by atoms with Gasteiger partial charge in [0, 0.05) is 4.15 Å². The van der Waals surface area contributed by atoms with Crippen LogP contribution < -0.4 is 0 Å². The molecule has 0 aliphatic rings. The lowest BCUT2D eigenvalue weighted by Crippen LogP contribution is -1.96. The van der Waals surface area contributed by atoms with Gasteiger partial charge in [-0.1, -0.05) is 25.5 Å². The number of sulfonamides is 1. The van der Waals surface area contributed by atoms with Crippen molar-refractivity contribution < 1.29 is 8.42 Å². The van der Waals surface area contributed by atoms with Crippen LogP contribution in [0.5, 0.6) is 0 Å². The molecule has 3 nitrogen and oxygen atoms in total. The molecule has 0 amide bonds. The Bertz CT molecular complexity index is 515. The lowest BCUT2D eigenvalue weighted by Gasteiger charge is -2.01. The molecular weight excluding hydrogens is 277 g/mol. The Morgan fingerprint density at radius 2 is 1.63 bits per heavy atom. The van der Waals surface area contributed by atoms with Crippen LogP contribution in [-0.2, 0) is 16.4 Å². The van der Waals surface area contributed by atoms with Gasteiger partial charge in [0.25, 0.3) is 0 Å². The molecule has 19 heavy (non-hydrogen) atoms. The number of aryl methyl sites for hydroxylation is 1. The Kier molecular flexibility index (Phi) is 6.67. The van der Waals surface area contributed by atoms with Crippen molar-refractivity contribution >= 4 is 17.7 Å². The average Bonchev–Trinajstić information content (AvgIpc) is 2.43. The number of benzene rings is 1. The second-order valence-electron chi connectivity index (χ2n) is 4.44. The Morgan fingerprint density at radius 3 is 2.11 bits per heavy atom. The van der Waals surface area contributed by atoms with Gasteiger partial charge in [-0.25, -0.2) is 0 Å². The molecule has 1 aromatic carbocycles. The van der Waals surface area contributed by atoms with E-state index < -0.39 is 17.7 Å². The maximum atomic E-state index is 12.1. The highest BCUT2D eigenvalue weighted by molar-refractivity contribution is 7.92. The first kappa shape index (κ1) is 16.3. The van der Waals surface area contributed by atoms with E-state index in [4.69, 9.17) is 0 Å². The van der Waals surface area contributed by atoms with Crippen LogP contribution in [0.1, 0.15) is 39.2 Å². The first-order chi connectivity index (χ1) is 9.03. The van der Waals surface area contributed by atoms with E-state index in [0.717, 1.165) is 31.6 Å². The average molecular weight is 300 g/mol. The summed E-state index contributed by atoms with van der Waals surface area (Å²) in [5, 5.41) is 0. The van der Waals surface area contributed by atoms with Crippen molar-refractivity contribution in [1.82, 2.24) is 0 Å². The highest BCUT2D eigenvalue weighted by Gasteiger charge is 2.19. The summed E-state index contributed by atoms with van der Waals surface area (Å²) in [7, 11) is -4.22. The van der Waals surface area contributed by atoms with E-state index >= 15 is 0 Å². The Balaban J connectivity index is 2.93. The van der Waals surface area contributed by atoms with Crippen LogP contribution in [0.3, 0.4) is 0 Å². The van der Waals surface area contributed by atoms with E-state index in [1.807, 2.05) is 26.0 Å². The van der Waals surface area contributed by atoms with E-state index in [2.05, 4.69) is 11.1 Å². The maximum Gasteiger partial charge on any atom is 0.316 e. The third-order valence-corrected chi connectivity index (χ3v) is 7.10. The van der Waals surface area contributed by atoms with Gasteiger partial charge in [-0.3, -0.25) is 0 Å². The first-order valence-corrected chi connectivity index (χ1v) is 9.95. The van der Waals surface area contributed by atoms with E-state index in [1.54, 1.807) is 12.1 Å². The van der Waals surface area contributed by atoms with Crippen molar-refractivity contribution in [1.29, 1.82) is 0 Å². The van der Waals surface area contributed by atoms with Crippen LogP contribution in [0.15, 0.2) is 33.3 Å². The Morgan fingerprint density at radius 1 is 1.05 bits per heavy atom. The molecule has 0 saturated heterocycles. The standard InChI is InChI=1S/C14H23NO2PS/c1-4-7-8-13-9-11-14(12-10-13)19(16,17)15-18(5-2)6-3/h9-12H,4-8H2,1-3H3/q+1. The molecule has 0 spiro atoms. The van der Waals surface area contributed by atoms with Gasteiger partial charge in [-0.15, -0.1) is 0 Å². The third-order valence-electron chi connectivity index (χ3n) is 2.99. The molecule has 5 heteroatoms. The van der Waals surface area contributed by atoms with Gasteiger partial charge >= 0.3 is 10.0 Å². The van der Waals surface area contributed by atoms with Crippen molar-refractivity contribution in [3.8, 4) is 0 Å². The summed E-state index contributed by atoms with van der Waals surface area (Å²) < 4.78 is 28.3. The lowest BCUT2D eigenvalue weighted by molar-refractivity contribution is 0.598. The van der Waals surface area contributed by atoms with Crippen LogP contribution in [0.4, 0.5) is 0 Å². The summed E-state index contributed by atoms with van der Waals surface area (Å²) in [4.78, 5) is 0.321. The van der Waals surface area contributed by atoms with Crippen LogP contribution in [0.2, 0.25) is 0 Å². The van der Waals surface area contributed by atoms with Crippen molar-refractivity contribution in [3.63, 3.8) is 0 Å². The molecular formula is C14H23NO2PS+. The molecule has 0 saturated carbocycles. The van der Waals surface area contributed by atoms with Gasteiger partial charge in [0.2, 0.25) is 7.71 Å². The van der Waals surface area contributed by atoms with E-state index in [1.165, 1.54) is 5.56 Å². The number of hydrogen-bond donors (Lipinski definition) is 0. The van der Waals surface area contributed by atoms with Crippen LogP contribution in [0, 0.1) is 0 Å². The number of unbranched alkanes of at least 4 members (excludes halogenated alkanes) is 1. The summed E-state index contributed by atoms with van der Waals surface area (Å²) in [6.07, 6.45) is 4.92. The molecule has 0 unspecified atom stereocenters. The van der Waals surface area contributed by atoms with Crippen molar-refractivity contribution in [3.05, 3.63) is 29.8 Å². The number of rotatable bonds is 7. The Hall–Kier alpha value is -0.730. The van der Waals surface area contributed by atoms with Gasteiger partial charge in [-0.2, -0.15) is 8.42 Å². The smallest absolute Gasteiger partial charge is 0.196 e. The number of nitrogens with zero attached hydrogens (tertiary/aromatic N) is 1. The normalized spacial score (nSPS) is 11.3. The van der Waals surface area contributed by atoms with Crippen molar-refractivity contribution in [2.75, 3.05) is 12.3 Å². The predicted octanol–water partition coefficient (Wildman–Crippen LogP) is 4.42. The molecule has 0 aromatic heterocycles. The second-order valence-corrected chi connectivity index (χ2v) is 8.80. The van der Waals surface area contributed by atoms with Gasteiger partial charge in [-0.05, 0) is 44.4 Å². The SMILES string of the molecule is CCCCc1ccc(S(=O)(=O)N=[P+](CC)CC)cc1. The topological polar surface area (TPSA) is 46.5 Å². The van der Waals surface area contributed by atoms with E-state index in [9.17, 15) is 8.42 Å². The fraction of sp³-hybridized carbons (Fsp3) is 0.571. The summed E-state index contributed by atoms with van der Waals surface area (Å²) in [5.41, 5.74) is 1.19. The van der Waals surface area contributed by atoms with Crippen LogP contribution in [0.25, 0.3) is 0 Å². The molecule has 0 radical (unpaired) electrons. The van der Waals surface area contributed by atoms with E-state index in [0.29, 0.717) is 4.90 Å². The van der Waals surface area contributed by atoms with Gasteiger partial charge in [0.1, 0.15) is 12.3 Å². The van der Waals surface area contributed by atoms with Gasteiger partial charge in [0.15, 0.2) is 0 Å². The highest BCUT2D eigenvalue weighted by Crippen LogP contribution is 2.29. The first-order valence-electron chi connectivity index (χ1n) is 6.85. The molecule has 0 N–H and O–H groups in total. The highest BCUT2D eigenvalue weighted by atomic mass is 32.2. The minimum Gasteiger partial charge on any atom is -0.196 e. The fourth-order valence-corrected chi connectivity index (χ4v) is 5.19. The summed E-state index contributed by atoms with van der Waals surface area (Å²) in [6.45, 7) is 6.12. The van der Waals surface area contributed by atoms with Gasteiger partial charge in [0.05, 0.1) is 4.90 Å². The molecule has 0 aliphatic heterocycles. The molecule has 1 rings (SSSR count). The summed E-state index contributed by atoms with van der Waals surface area (Å²) >= 11 is 0.